The van der Waals surface area contributed by atoms with Gasteiger partial charge in [0.1, 0.15) is 35.3 Å². The van der Waals surface area contributed by atoms with Crippen molar-refractivity contribution in [3.8, 4) is 11.6 Å². The number of ether oxygens (including phenoxy) is 2. The third-order valence-corrected chi connectivity index (χ3v) is 13.9. The number of sulfonamides is 1. The van der Waals surface area contributed by atoms with Crippen LogP contribution in [0.3, 0.4) is 0 Å². The number of carboxylic acid groups (broad SMARTS) is 1. The van der Waals surface area contributed by atoms with Gasteiger partial charge in [-0.1, -0.05) is 32.9 Å². The Labute approximate surface area is 320 Å². The van der Waals surface area contributed by atoms with Crippen molar-refractivity contribution in [1.82, 2.24) is 24.8 Å². The summed E-state index contributed by atoms with van der Waals surface area (Å²) in [6, 6.07) is 1.79. The molecule has 0 unspecified atom stereocenters. The summed E-state index contributed by atoms with van der Waals surface area (Å²) < 4.78 is 54.4. The Balaban J connectivity index is 1.26. The number of nitrogens with zero attached hydrogens (tertiary/aromatic N) is 3. The van der Waals surface area contributed by atoms with Gasteiger partial charge >= 0.3 is 6.09 Å². The van der Waals surface area contributed by atoms with Crippen molar-refractivity contribution >= 4 is 44.6 Å². The number of carbonyl (C=O) groups is 4. The van der Waals surface area contributed by atoms with Gasteiger partial charge in [-0.05, 0) is 80.8 Å². The van der Waals surface area contributed by atoms with Gasteiger partial charge in [0, 0.05) is 36.5 Å². The fourth-order valence-corrected chi connectivity index (χ4v) is 9.76. The number of pyridine rings is 1. The average molecular weight is 784 g/mol. The minimum absolute atomic E-state index is 0.0528. The van der Waals surface area contributed by atoms with Crippen LogP contribution in [0.5, 0.6) is 11.6 Å². The molecule has 1 aromatic heterocycles. The van der Waals surface area contributed by atoms with E-state index in [1.807, 2.05) is 26.0 Å². The highest BCUT2D eigenvalue weighted by Crippen LogP contribution is 2.48. The second-order valence-electron chi connectivity index (χ2n) is 16.7. The Morgan fingerprint density at radius 2 is 1.89 bits per heavy atom. The van der Waals surface area contributed by atoms with Crippen LogP contribution in [-0.2, 0) is 24.4 Å². The summed E-state index contributed by atoms with van der Waals surface area (Å²) in [5.74, 6) is -3.17. The number of fused-ring (bicyclic) bond motifs is 3. The topological polar surface area (TPSA) is 185 Å². The van der Waals surface area contributed by atoms with Crippen molar-refractivity contribution in [3.63, 3.8) is 0 Å². The summed E-state index contributed by atoms with van der Waals surface area (Å²) in [5, 5.41) is 13.6. The lowest BCUT2D eigenvalue weighted by molar-refractivity contribution is -0.144. The maximum atomic E-state index is 15.0. The molecule has 3 heterocycles. The molecule has 0 spiro atoms. The predicted octanol–water partition coefficient (Wildman–Crippen LogP) is 4.38. The Morgan fingerprint density at radius 3 is 2.56 bits per heavy atom. The van der Waals surface area contributed by atoms with Crippen LogP contribution in [0, 0.1) is 29.0 Å². The van der Waals surface area contributed by atoms with E-state index in [4.69, 9.17) is 9.47 Å². The normalized spacial score (nSPS) is 30.6. The molecule has 5 aliphatic rings. The zero-order valence-corrected chi connectivity index (χ0v) is 32.4. The largest absolute Gasteiger partial charge is 0.496 e. The molecule has 4 fully saturated rings. The summed E-state index contributed by atoms with van der Waals surface area (Å²) in [6.45, 7) is 5.93. The van der Waals surface area contributed by atoms with Gasteiger partial charge in [0.2, 0.25) is 27.7 Å². The predicted molar refractivity (Wildman–Crippen MR) is 199 cm³/mol. The van der Waals surface area contributed by atoms with Gasteiger partial charge < -0.3 is 24.8 Å². The van der Waals surface area contributed by atoms with Crippen LogP contribution in [0.25, 0.3) is 10.8 Å². The summed E-state index contributed by atoms with van der Waals surface area (Å²) in [7, 11) is -2.52. The van der Waals surface area contributed by atoms with E-state index in [-0.39, 0.29) is 48.9 Å². The van der Waals surface area contributed by atoms with Crippen LogP contribution >= 0.6 is 0 Å². The first-order chi connectivity index (χ1) is 26.0. The summed E-state index contributed by atoms with van der Waals surface area (Å²) >= 11 is 0. The molecule has 3 saturated carbocycles. The van der Waals surface area contributed by atoms with Crippen molar-refractivity contribution in [2.75, 3.05) is 20.2 Å². The van der Waals surface area contributed by atoms with Crippen LogP contribution < -0.4 is 19.5 Å². The molecule has 1 aromatic carbocycles. The maximum Gasteiger partial charge on any atom is 0.408 e. The first kappa shape index (κ1) is 38.8. The van der Waals surface area contributed by atoms with Crippen molar-refractivity contribution in [1.29, 1.82) is 0 Å². The number of halogens is 1. The molecule has 7 atom stereocenters. The minimum atomic E-state index is -3.94. The molecule has 4 amide bonds. The number of hydrogen-bond donors (Lipinski definition) is 3. The molecule has 0 radical (unpaired) electrons. The lowest BCUT2D eigenvalue weighted by Gasteiger charge is -2.38. The Bertz CT molecular complexity index is 2020. The zero-order chi connectivity index (χ0) is 39.4. The number of benzene rings is 1. The maximum absolute atomic E-state index is 15.0. The molecule has 3 aliphatic carbocycles. The van der Waals surface area contributed by atoms with E-state index in [0.717, 1.165) is 19.3 Å². The Kier molecular flexibility index (Phi) is 10.3. The summed E-state index contributed by atoms with van der Waals surface area (Å²) in [5.41, 5.74) is -1.84. The van der Waals surface area contributed by atoms with E-state index in [2.05, 4.69) is 21.9 Å². The molecule has 55 heavy (non-hydrogen) atoms. The number of amides is 4. The first-order valence-corrected chi connectivity index (χ1v) is 20.7. The third-order valence-electron chi connectivity index (χ3n) is 12.1. The Hall–Kier alpha value is -4.47. The highest BCUT2D eigenvalue weighted by Gasteiger charge is 2.62. The molecule has 0 bridgehead atoms. The average Bonchev–Trinajstić information content (AvgIpc) is 4.06. The highest BCUT2D eigenvalue weighted by atomic mass is 32.2. The molecular formula is C39H50FN5O9S. The fraction of sp³-hybridized carbons (Fsp3) is 0.615. The van der Waals surface area contributed by atoms with Gasteiger partial charge in [-0.15, -0.1) is 0 Å². The molecule has 2 aromatic rings. The van der Waals surface area contributed by atoms with Crippen molar-refractivity contribution in [2.24, 2.45) is 23.2 Å². The molecule has 298 valence electrons. The summed E-state index contributed by atoms with van der Waals surface area (Å²) in [6.07, 6.45) is 7.71. The molecule has 1 saturated heterocycles. The van der Waals surface area contributed by atoms with E-state index in [1.54, 1.807) is 6.07 Å². The number of hydrogen-bond acceptors (Lipinski definition) is 9. The highest BCUT2D eigenvalue weighted by molar-refractivity contribution is 7.91. The fourth-order valence-electron chi connectivity index (χ4n) is 8.40. The number of rotatable bonds is 9. The van der Waals surface area contributed by atoms with Gasteiger partial charge in [0.25, 0.3) is 5.91 Å². The van der Waals surface area contributed by atoms with Crippen LogP contribution in [0.1, 0.15) is 78.6 Å². The van der Waals surface area contributed by atoms with Gasteiger partial charge in [-0.3, -0.25) is 24.0 Å². The number of carbonyl (C=O) groups excluding carboxylic acids is 3. The van der Waals surface area contributed by atoms with Crippen molar-refractivity contribution in [2.45, 2.75) is 108 Å². The third kappa shape index (κ3) is 7.96. The Morgan fingerprint density at radius 1 is 1.15 bits per heavy atom. The molecule has 14 nitrogen and oxygen atoms in total. The van der Waals surface area contributed by atoms with E-state index in [0.29, 0.717) is 36.5 Å². The van der Waals surface area contributed by atoms with E-state index in [9.17, 15) is 32.3 Å². The standard InChI is InChI=1S/C39H50FN5O9S/c1-22-7-5-6-8-24-19-39(24,36(48)43-55(51,52)27-9-10-27)42-33(46)30-18-26(54-34-29-16-25(40)17-31(53-4)28(29)11-14-41-34)20-44(30)35(47)32(23(2)15-22)45(37(49)50)21-38(3)12-13-38/h6,8,11,14,16-17,22-24,26-27,30,32H,5,7,9-10,12-13,15,18-21H2,1-4H3,(H,42,46)(H,43,48)(H,49,50)/t22-,23-,24-,26-,30+,32+,39-/m1/s1. The van der Waals surface area contributed by atoms with Gasteiger partial charge in [0.05, 0.1) is 24.3 Å². The number of methoxy groups -OCH3 is 1. The summed E-state index contributed by atoms with van der Waals surface area (Å²) in [4.78, 5) is 63.3. The van der Waals surface area contributed by atoms with Crippen LogP contribution in [-0.4, -0.2) is 101 Å². The molecular weight excluding hydrogens is 734 g/mol. The number of nitrogens with one attached hydrogen (secondary N) is 2. The van der Waals surface area contributed by atoms with Crippen LogP contribution in [0.15, 0.2) is 36.5 Å². The smallest absolute Gasteiger partial charge is 0.408 e. The second-order valence-corrected chi connectivity index (χ2v) is 18.7. The van der Waals surface area contributed by atoms with Gasteiger partial charge in [0.15, 0.2) is 0 Å². The molecule has 7 rings (SSSR count). The van der Waals surface area contributed by atoms with E-state index < -0.39 is 80.5 Å². The minimum Gasteiger partial charge on any atom is -0.496 e. The first-order valence-electron chi connectivity index (χ1n) is 19.2. The number of allylic oxidation sites excluding steroid dienone is 1. The molecule has 3 N–H and O–H groups in total. The van der Waals surface area contributed by atoms with Crippen LogP contribution in [0.2, 0.25) is 0 Å². The van der Waals surface area contributed by atoms with Crippen molar-refractivity contribution < 1.29 is 46.6 Å². The molecule has 2 aliphatic heterocycles. The quantitative estimate of drug-likeness (QED) is 0.309. The molecule has 16 heteroatoms. The zero-order valence-electron chi connectivity index (χ0n) is 31.6. The monoisotopic (exact) mass is 783 g/mol. The SMILES string of the molecule is COc1cc(F)cc2c(O[C@@H]3C[C@H]4C(=O)N[C@]5(C(=O)NS(=O)(=O)C6CC6)C[C@H]5C=CCC[C@@H](C)C[C@@H](C)[C@H](N(CC5(C)CC5)C(=O)O)C(=O)N4C3)nccc12. The van der Waals surface area contributed by atoms with E-state index in [1.165, 1.54) is 35.2 Å². The van der Waals surface area contributed by atoms with Crippen molar-refractivity contribution in [3.05, 3.63) is 42.4 Å². The van der Waals surface area contributed by atoms with E-state index >= 15 is 4.79 Å². The number of aromatic nitrogens is 1. The second kappa shape index (κ2) is 14.6. The lowest BCUT2D eigenvalue weighted by atomic mass is 9.86. The lowest BCUT2D eigenvalue weighted by Crippen LogP contribution is -2.60. The van der Waals surface area contributed by atoms with Crippen LogP contribution in [0.4, 0.5) is 9.18 Å². The van der Waals surface area contributed by atoms with Gasteiger partial charge in [-0.25, -0.2) is 22.6 Å². The van der Waals surface area contributed by atoms with Gasteiger partial charge in [-0.2, -0.15) is 0 Å².